The lowest BCUT2D eigenvalue weighted by Crippen LogP contribution is -1.98. The van der Waals surface area contributed by atoms with Crippen molar-refractivity contribution in [1.82, 2.24) is 0 Å². The summed E-state index contributed by atoms with van der Waals surface area (Å²) < 4.78 is 0. The molecular formula is C9H16O7. The van der Waals surface area contributed by atoms with E-state index < -0.39 is 17.9 Å². The second-order valence-electron chi connectivity index (χ2n) is 2.63. The maximum absolute atomic E-state index is 10.1. The van der Waals surface area contributed by atoms with Gasteiger partial charge < -0.3 is 20.1 Å². The molecule has 0 fully saturated rings. The Morgan fingerprint density at radius 1 is 0.750 bits per heavy atom. The van der Waals surface area contributed by atoms with Gasteiger partial charge in [-0.3, -0.25) is 14.4 Å². The van der Waals surface area contributed by atoms with Gasteiger partial charge in [-0.05, 0) is 6.92 Å². The molecule has 0 amide bonds. The molecule has 0 rings (SSSR count). The summed E-state index contributed by atoms with van der Waals surface area (Å²) >= 11 is 0. The summed E-state index contributed by atoms with van der Waals surface area (Å²) in [4.78, 5) is 37.8. The van der Waals surface area contributed by atoms with Crippen LogP contribution in [0.1, 0.15) is 33.6 Å². The zero-order chi connectivity index (χ0) is 13.7. The minimum absolute atomic E-state index is 0.0463. The summed E-state index contributed by atoms with van der Waals surface area (Å²) in [7, 11) is 0. The molecular weight excluding hydrogens is 220 g/mol. The van der Waals surface area contributed by atoms with Crippen molar-refractivity contribution < 1.29 is 34.5 Å². The Morgan fingerprint density at radius 3 is 1.06 bits per heavy atom. The van der Waals surface area contributed by atoms with Crippen LogP contribution in [0.25, 0.3) is 0 Å². The monoisotopic (exact) mass is 236 g/mol. The number of carboxylic acid groups (broad SMARTS) is 3. The largest absolute Gasteiger partial charge is 0.481 e. The Morgan fingerprint density at radius 2 is 1.00 bits per heavy atom. The van der Waals surface area contributed by atoms with E-state index in [1.54, 1.807) is 0 Å². The summed E-state index contributed by atoms with van der Waals surface area (Å²) in [5, 5.41) is 22.8. The first-order valence-electron chi connectivity index (χ1n) is 4.19. The van der Waals surface area contributed by atoms with Gasteiger partial charge in [0.1, 0.15) is 5.78 Å². The van der Waals surface area contributed by atoms with E-state index in [0.717, 1.165) is 13.8 Å². The first-order valence-corrected chi connectivity index (χ1v) is 4.19. The number of hydrogen-bond acceptors (Lipinski definition) is 4. The van der Waals surface area contributed by atoms with Gasteiger partial charge in [-0.1, -0.05) is 0 Å². The number of carboxylic acids is 3. The Bertz CT molecular complexity index is 210. The average Bonchev–Trinajstić information content (AvgIpc) is 1.98. The smallest absolute Gasteiger partial charge is 0.303 e. The lowest BCUT2D eigenvalue weighted by Gasteiger charge is -1.86. The predicted octanol–water partition coefficient (Wildman–Crippen LogP) is 0.622. The van der Waals surface area contributed by atoms with Crippen molar-refractivity contribution in [3.8, 4) is 0 Å². The van der Waals surface area contributed by atoms with Gasteiger partial charge >= 0.3 is 5.97 Å². The number of carbonyl (C=O) groups is 4. The van der Waals surface area contributed by atoms with Crippen LogP contribution in [-0.2, 0) is 19.2 Å². The number of carbonyl (C=O) groups excluding carboxylic acids is 1. The molecule has 94 valence electrons. The number of ketones is 1. The second kappa shape index (κ2) is 13.1. The summed E-state index contributed by atoms with van der Waals surface area (Å²) in [5.41, 5.74) is 0. The maximum atomic E-state index is 10.1. The van der Waals surface area contributed by atoms with Crippen molar-refractivity contribution in [3.05, 3.63) is 0 Å². The summed E-state index contributed by atoms with van der Waals surface area (Å²) in [6.45, 7) is 3.54. The van der Waals surface area contributed by atoms with Crippen LogP contribution in [0.2, 0.25) is 0 Å². The number of rotatable bonds is 3. The molecule has 0 bridgehead atoms. The molecule has 0 unspecified atom stereocenters. The fourth-order valence-electron chi connectivity index (χ4n) is 0.283. The molecule has 0 radical (unpaired) electrons. The van der Waals surface area contributed by atoms with E-state index in [1.165, 1.54) is 6.92 Å². The molecule has 3 N–H and O–H groups in total. The molecule has 7 heteroatoms. The third kappa shape index (κ3) is 156. The molecule has 0 aliphatic rings. The van der Waals surface area contributed by atoms with Crippen molar-refractivity contribution in [2.45, 2.75) is 33.6 Å². The van der Waals surface area contributed by atoms with E-state index in [2.05, 4.69) is 0 Å². The van der Waals surface area contributed by atoms with Crippen LogP contribution >= 0.6 is 0 Å². The SMILES string of the molecule is CC(=O)CCC(=O)O.CC(=O)O.CC(=O)O. The normalized spacial score (nSPS) is 7.44. The molecule has 0 aromatic rings. The molecule has 0 saturated heterocycles. The van der Waals surface area contributed by atoms with Gasteiger partial charge in [0.2, 0.25) is 0 Å². The summed E-state index contributed by atoms with van der Waals surface area (Å²) in [6.07, 6.45) is 0.102. The highest BCUT2D eigenvalue weighted by molar-refractivity contribution is 5.80. The fraction of sp³-hybridized carbons (Fsp3) is 0.556. The van der Waals surface area contributed by atoms with Gasteiger partial charge in [-0.15, -0.1) is 0 Å². The molecule has 0 aromatic heterocycles. The lowest BCUT2D eigenvalue weighted by atomic mass is 10.2. The molecule has 0 aliphatic heterocycles. The van der Waals surface area contributed by atoms with Gasteiger partial charge in [0.15, 0.2) is 0 Å². The van der Waals surface area contributed by atoms with Crippen LogP contribution in [0.4, 0.5) is 0 Å². The van der Waals surface area contributed by atoms with Gasteiger partial charge in [-0.2, -0.15) is 0 Å². The van der Waals surface area contributed by atoms with Gasteiger partial charge in [0, 0.05) is 20.3 Å². The third-order valence-corrected chi connectivity index (χ3v) is 0.691. The van der Waals surface area contributed by atoms with Crippen LogP contribution in [0.5, 0.6) is 0 Å². The van der Waals surface area contributed by atoms with Gasteiger partial charge in [0.25, 0.3) is 11.9 Å². The van der Waals surface area contributed by atoms with E-state index >= 15 is 0 Å². The Balaban J connectivity index is -0.000000179. The van der Waals surface area contributed by atoms with Crippen molar-refractivity contribution in [2.75, 3.05) is 0 Å². The lowest BCUT2D eigenvalue weighted by molar-refractivity contribution is -0.138. The zero-order valence-corrected chi connectivity index (χ0v) is 9.39. The molecule has 0 aromatic carbocycles. The van der Waals surface area contributed by atoms with Crippen LogP contribution in [0.3, 0.4) is 0 Å². The second-order valence-corrected chi connectivity index (χ2v) is 2.63. The van der Waals surface area contributed by atoms with Crippen LogP contribution in [-0.4, -0.2) is 39.0 Å². The zero-order valence-electron chi connectivity index (χ0n) is 9.39. The van der Waals surface area contributed by atoms with Gasteiger partial charge in [0.05, 0.1) is 6.42 Å². The van der Waals surface area contributed by atoms with Crippen molar-refractivity contribution in [3.63, 3.8) is 0 Å². The molecule has 0 aliphatic carbocycles. The highest BCUT2D eigenvalue weighted by atomic mass is 16.4. The highest BCUT2D eigenvalue weighted by Crippen LogP contribution is 1.87. The number of Topliss-reactive ketones (excluding diaryl/α,β-unsaturated/α-hetero) is 1. The van der Waals surface area contributed by atoms with Crippen LogP contribution in [0, 0.1) is 0 Å². The predicted molar refractivity (Wildman–Crippen MR) is 54.2 cm³/mol. The number of aliphatic carboxylic acids is 3. The number of hydrogen-bond donors (Lipinski definition) is 3. The molecule has 0 saturated carbocycles. The molecule has 0 spiro atoms. The van der Waals surface area contributed by atoms with E-state index in [9.17, 15) is 9.59 Å². The van der Waals surface area contributed by atoms with Crippen molar-refractivity contribution in [1.29, 1.82) is 0 Å². The highest BCUT2D eigenvalue weighted by Gasteiger charge is 1.97. The van der Waals surface area contributed by atoms with Crippen molar-refractivity contribution in [2.24, 2.45) is 0 Å². The topological polar surface area (TPSA) is 129 Å². The maximum Gasteiger partial charge on any atom is 0.303 e. The molecule has 0 atom stereocenters. The Labute approximate surface area is 92.7 Å². The third-order valence-electron chi connectivity index (χ3n) is 0.691. The first-order chi connectivity index (χ1) is 7.09. The standard InChI is InChI=1S/C5H8O3.2C2H4O2/c1-4(6)2-3-5(7)8;2*1-2(3)4/h2-3H2,1H3,(H,7,8);2*1H3,(H,3,4). The average molecular weight is 236 g/mol. The minimum atomic E-state index is -0.916. The van der Waals surface area contributed by atoms with Gasteiger partial charge in [-0.25, -0.2) is 0 Å². The molecule has 16 heavy (non-hydrogen) atoms. The van der Waals surface area contributed by atoms with E-state index in [-0.39, 0.29) is 18.6 Å². The Hall–Kier alpha value is -1.92. The van der Waals surface area contributed by atoms with Crippen LogP contribution < -0.4 is 0 Å². The summed E-state index contributed by atoms with van der Waals surface area (Å²) in [6, 6.07) is 0. The Kier molecular flexibility index (Phi) is 16.0. The van der Waals surface area contributed by atoms with E-state index in [1.807, 2.05) is 0 Å². The quantitative estimate of drug-likeness (QED) is 0.654. The van der Waals surface area contributed by atoms with Crippen molar-refractivity contribution >= 4 is 23.7 Å². The van der Waals surface area contributed by atoms with E-state index in [0.29, 0.717) is 0 Å². The van der Waals surface area contributed by atoms with E-state index in [4.69, 9.17) is 24.9 Å². The fourth-order valence-corrected chi connectivity index (χ4v) is 0.283. The minimum Gasteiger partial charge on any atom is -0.481 e. The summed E-state index contributed by atoms with van der Waals surface area (Å²) in [5.74, 6) is -2.66. The van der Waals surface area contributed by atoms with Crippen LogP contribution in [0.15, 0.2) is 0 Å². The molecule has 0 heterocycles. The first kappa shape index (κ1) is 19.6. The molecule has 7 nitrogen and oxygen atoms in total.